The zero-order valence-corrected chi connectivity index (χ0v) is 24.6. The van der Waals surface area contributed by atoms with Crippen LogP contribution in [-0.4, -0.2) is 56.3 Å². The molecule has 5 N–H and O–H groups in total. The predicted molar refractivity (Wildman–Crippen MR) is 164 cm³/mol. The maximum Gasteiger partial charge on any atom is 0.303 e. The van der Waals surface area contributed by atoms with Crippen molar-refractivity contribution in [1.29, 1.82) is 0 Å². The van der Waals surface area contributed by atoms with Crippen LogP contribution in [0.3, 0.4) is 0 Å². The van der Waals surface area contributed by atoms with Gasteiger partial charge in [-0.1, -0.05) is 23.7 Å². The number of carboxylic acids is 1. The molecule has 13 heteroatoms. The van der Waals surface area contributed by atoms with Gasteiger partial charge >= 0.3 is 5.97 Å². The summed E-state index contributed by atoms with van der Waals surface area (Å²) in [6.07, 6.45) is -0.258. The Bertz CT molecular complexity index is 1740. The van der Waals surface area contributed by atoms with E-state index < -0.39 is 23.3 Å². The summed E-state index contributed by atoms with van der Waals surface area (Å²) in [6.45, 7) is -0.0717. The largest absolute Gasteiger partial charge is 0.493 e. The minimum Gasteiger partial charge on any atom is -0.493 e. The maximum atomic E-state index is 13.4. The highest BCUT2D eigenvalue weighted by Gasteiger charge is 2.22. The molecule has 0 aliphatic heterocycles. The molecular formula is C31H30ClN3O9. The molecule has 4 rings (SSSR count). The second-order valence-electron chi connectivity index (χ2n) is 9.51. The number of carbonyl (C=O) groups excluding carboxylic acids is 2. The number of benzene rings is 3. The Hall–Kier alpha value is -5.07. The summed E-state index contributed by atoms with van der Waals surface area (Å²) in [5.74, 6) is -1.34. The van der Waals surface area contributed by atoms with Gasteiger partial charge in [0.15, 0.2) is 16.9 Å². The van der Waals surface area contributed by atoms with E-state index >= 15 is 0 Å². The Morgan fingerprint density at radius 3 is 2.45 bits per heavy atom. The molecule has 0 aliphatic carbocycles. The third-order valence-electron chi connectivity index (χ3n) is 6.48. The SMILES string of the molecule is COc1cc2oc(-c3cccc(C(=O)Nc4ccc(Cl)cc4)c3)cc(=O)c2c(OCCNC(=O)[C@@H](N)CCC(=O)O)c1OC. The minimum atomic E-state index is -1.05. The lowest BCUT2D eigenvalue weighted by Gasteiger charge is -2.17. The van der Waals surface area contributed by atoms with Crippen LogP contribution >= 0.6 is 11.6 Å². The van der Waals surface area contributed by atoms with Gasteiger partial charge in [0.25, 0.3) is 5.91 Å². The molecule has 0 radical (unpaired) electrons. The topological polar surface area (TPSA) is 179 Å². The van der Waals surface area contributed by atoms with Gasteiger partial charge in [0, 0.05) is 40.4 Å². The van der Waals surface area contributed by atoms with Crippen molar-refractivity contribution in [3.63, 3.8) is 0 Å². The number of methoxy groups -OCH3 is 2. The number of ether oxygens (including phenoxy) is 3. The molecule has 2 amide bonds. The monoisotopic (exact) mass is 623 g/mol. The van der Waals surface area contributed by atoms with Crippen LogP contribution in [0.5, 0.6) is 17.2 Å². The Kier molecular flexibility index (Phi) is 10.4. The first-order valence-electron chi connectivity index (χ1n) is 13.4. The van der Waals surface area contributed by atoms with Crippen molar-refractivity contribution in [2.45, 2.75) is 18.9 Å². The van der Waals surface area contributed by atoms with Crippen molar-refractivity contribution in [2.24, 2.45) is 5.73 Å². The first kappa shape index (κ1) is 31.9. The number of hydrogen-bond donors (Lipinski definition) is 4. The summed E-state index contributed by atoms with van der Waals surface area (Å²) in [5.41, 5.74) is 6.79. The average molecular weight is 624 g/mol. The van der Waals surface area contributed by atoms with E-state index in [-0.39, 0.29) is 65.9 Å². The van der Waals surface area contributed by atoms with Gasteiger partial charge in [-0.25, -0.2) is 0 Å². The number of hydrogen-bond acceptors (Lipinski definition) is 9. The van der Waals surface area contributed by atoms with Crippen LogP contribution in [0.25, 0.3) is 22.3 Å². The standard InChI is InChI=1S/C31H30ClN3O9/c1-41-25-16-24-27(29(28(25)42-2)43-13-12-34-31(40)21(33)10-11-26(37)38)22(36)15-23(44-24)17-4-3-5-18(14-17)30(39)35-20-8-6-19(32)7-9-20/h3-9,14-16,21H,10-13,33H2,1-2H3,(H,34,40)(H,35,39)(H,37,38)/t21-/m0/s1. The summed E-state index contributed by atoms with van der Waals surface area (Å²) in [5, 5.41) is 14.8. The van der Waals surface area contributed by atoms with E-state index in [9.17, 15) is 19.2 Å². The van der Waals surface area contributed by atoms with Crippen molar-refractivity contribution in [3.8, 4) is 28.6 Å². The minimum absolute atomic E-state index is 0.00968. The van der Waals surface area contributed by atoms with Crippen molar-refractivity contribution in [1.82, 2.24) is 5.32 Å². The van der Waals surface area contributed by atoms with Crippen LogP contribution in [0.1, 0.15) is 23.2 Å². The van der Waals surface area contributed by atoms with E-state index in [4.69, 9.17) is 41.1 Å². The molecular weight excluding hydrogens is 594 g/mol. The molecule has 12 nitrogen and oxygen atoms in total. The molecule has 0 saturated heterocycles. The fourth-order valence-electron chi connectivity index (χ4n) is 4.29. The molecule has 4 aromatic rings. The third kappa shape index (κ3) is 7.65. The van der Waals surface area contributed by atoms with Crippen molar-refractivity contribution in [3.05, 3.63) is 81.5 Å². The van der Waals surface area contributed by atoms with E-state index in [1.807, 2.05) is 0 Å². The highest BCUT2D eigenvalue weighted by molar-refractivity contribution is 6.30. The Balaban J connectivity index is 1.59. The molecule has 3 aromatic carbocycles. The van der Waals surface area contributed by atoms with Gasteiger partial charge < -0.3 is 40.1 Å². The summed E-state index contributed by atoms with van der Waals surface area (Å²) >= 11 is 5.92. The number of halogens is 1. The first-order valence-corrected chi connectivity index (χ1v) is 13.8. The highest BCUT2D eigenvalue weighted by atomic mass is 35.5. The fraction of sp³-hybridized carbons (Fsp3) is 0.226. The molecule has 0 fully saturated rings. The number of rotatable bonds is 13. The molecule has 0 saturated carbocycles. The van der Waals surface area contributed by atoms with E-state index in [0.717, 1.165) is 0 Å². The summed E-state index contributed by atoms with van der Waals surface area (Å²) in [4.78, 5) is 49.2. The van der Waals surface area contributed by atoms with Gasteiger partial charge in [-0.05, 0) is 42.8 Å². The van der Waals surface area contributed by atoms with Gasteiger partial charge in [0.05, 0.1) is 26.8 Å². The van der Waals surface area contributed by atoms with Gasteiger partial charge in [0.1, 0.15) is 23.3 Å². The van der Waals surface area contributed by atoms with Crippen LogP contribution < -0.4 is 36.0 Å². The summed E-state index contributed by atoms with van der Waals surface area (Å²) < 4.78 is 22.9. The summed E-state index contributed by atoms with van der Waals surface area (Å²) in [7, 11) is 2.80. The highest BCUT2D eigenvalue weighted by Crippen LogP contribution is 2.43. The van der Waals surface area contributed by atoms with E-state index in [1.165, 1.54) is 26.4 Å². The molecule has 230 valence electrons. The quantitative estimate of drug-likeness (QED) is 0.159. The lowest BCUT2D eigenvalue weighted by Crippen LogP contribution is -2.42. The van der Waals surface area contributed by atoms with Gasteiger partial charge in [-0.3, -0.25) is 19.2 Å². The molecule has 1 aromatic heterocycles. The average Bonchev–Trinajstić information content (AvgIpc) is 3.02. The Morgan fingerprint density at radius 2 is 1.77 bits per heavy atom. The molecule has 0 unspecified atom stereocenters. The number of amides is 2. The number of nitrogens with two attached hydrogens (primary N) is 1. The summed E-state index contributed by atoms with van der Waals surface area (Å²) in [6, 6.07) is 15.1. The number of carboxylic acid groups (broad SMARTS) is 1. The van der Waals surface area contributed by atoms with Crippen LogP contribution in [0.2, 0.25) is 5.02 Å². The Labute approximate surface area is 256 Å². The first-order chi connectivity index (χ1) is 21.1. The number of carbonyl (C=O) groups is 3. The van der Waals surface area contributed by atoms with Crippen LogP contribution in [0.15, 0.2) is 69.9 Å². The van der Waals surface area contributed by atoms with E-state index in [1.54, 1.807) is 48.5 Å². The van der Waals surface area contributed by atoms with Gasteiger partial charge in [-0.2, -0.15) is 0 Å². The van der Waals surface area contributed by atoms with Crippen molar-refractivity contribution in [2.75, 3.05) is 32.7 Å². The molecule has 0 aliphatic rings. The predicted octanol–water partition coefficient (Wildman–Crippen LogP) is 4.07. The zero-order chi connectivity index (χ0) is 31.8. The smallest absolute Gasteiger partial charge is 0.303 e. The molecule has 1 heterocycles. The van der Waals surface area contributed by atoms with Crippen LogP contribution in [0.4, 0.5) is 5.69 Å². The number of fused-ring (bicyclic) bond motifs is 1. The lowest BCUT2D eigenvalue weighted by molar-refractivity contribution is -0.137. The van der Waals surface area contributed by atoms with Gasteiger partial charge in [-0.15, -0.1) is 0 Å². The van der Waals surface area contributed by atoms with E-state index in [0.29, 0.717) is 21.8 Å². The number of anilines is 1. The Morgan fingerprint density at radius 1 is 1.02 bits per heavy atom. The van der Waals surface area contributed by atoms with Crippen LogP contribution in [0, 0.1) is 0 Å². The number of nitrogens with one attached hydrogen (secondary N) is 2. The fourth-order valence-corrected chi connectivity index (χ4v) is 4.42. The molecule has 44 heavy (non-hydrogen) atoms. The van der Waals surface area contributed by atoms with Crippen molar-refractivity contribution >= 4 is 46.0 Å². The molecule has 0 spiro atoms. The maximum absolute atomic E-state index is 13.4. The zero-order valence-electron chi connectivity index (χ0n) is 23.8. The number of aliphatic carboxylic acids is 1. The van der Waals surface area contributed by atoms with E-state index in [2.05, 4.69) is 10.6 Å². The molecule has 0 bridgehead atoms. The normalized spacial score (nSPS) is 11.5. The second-order valence-corrected chi connectivity index (χ2v) is 9.95. The lowest BCUT2D eigenvalue weighted by atomic mass is 10.1. The van der Waals surface area contributed by atoms with Crippen molar-refractivity contribution < 1.29 is 38.1 Å². The third-order valence-corrected chi connectivity index (χ3v) is 6.74. The van der Waals surface area contributed by atoms with Gasteiger partial charge in [0.2, 0.25) is 11.7 Å². The molecule has 1 atom stereocenters. The van der Waals surface area contributed by atoms with Crippen LogP contribution in [-0.2, 0) is 9.59 Å². The second kappa shape index (κ2) is 14.4.